The SMILES string of the molecule is COc1ccc(C)cc1CN1C(=O)NC2(CCCCCC2)C1=O. The second-order valence-corrected chi connectivity index (χ2v) is 6.63. The third-order valence-electron chi connectivity index (χ3n) is 4.97. The number of benzene rings is 1. The van der Waals surface area contributed by atoms with Gasteiger partial charge in [0.2, 0.25) is 0 Å². The van der Waals surface area contributed by atoms with Crippen LogP contribution in [0.1, 0.15) is 49.7 Å². The van der Waals surface area contributed by atoms with E-state index in [0.717, 1.165) is 49.7 Å². The second kappa shape index (κ2) is 6.22. The lowest BCUT2D eigenvalue weighted by atomic mass is 9.90. The summed E-state index contributed by atoms with van der Waals surface area (Å²) in [6, 6.07) is 5.53. The molecule has 2 aliphatic rings. The van der Waals surface area contributed by atoms with Gasteiger partial charge in [0.05, 0.1) is 13.7 Å². The first-order valence-corrected chi connectivity index (χ1v) is 8.33. The summed E-state index contributed by atoms with van der Waals surface area (Å²) in [7, 11) is 1.60. The van der Waals surface area contributed by atoms with E-state index < -0.39 is 5.54 Å². The Hall–Kier alpha value is -2.04. The van der Waals surface area contributed by atoms with Gasteiger partial charge in [-0.15, -0.1) is 0 Å². The molecular formula is C18H24N2O3. The summed E-state index contributed by atoms with van der Waals surface area (Å²) in [6.45, 7) is 2.25. The first kappa shape index (κ1) is 15.8. The summed E-state index contributed by atoms with van der Waals surface area (Å²) < 4.78 is 5.37. The Morgan fingerprint density at radius 2 is 1.87 bits per heavy atom. The van der Waals surface area contributed by atoms with Gasteiger partial charge in [-0.05, 0) is 25.8 Å². The second-order valence-electron chi connectivity index (χ2n) is 6.63. The van der Waals surface area contributed by atoms with Gasteiger partial charge in [-0.3, -0.25) is 9.69 Å². The number of hydrogen-bond acceptors (Lipinski definition) is 3. The molecule has 1 saturated carbocycles. The van der Waals surface area contributed by atoms with Crippen LogP contribution in [0.25, 0.3) is 0 Å². The summed E-state index contributed by atoms with van der Waals surface area (Å²) in [6.07, 6.45) is 5.76. The van der Waals surface area contributed by atoms with E-state index in [1.165, 1.54) is 4.90 Å². The van der Waals surface area contributed by atoms with Gasteiger partial charge in [-0.2, -0.15) is 0 Å². The molecule has 1 saturated heterocycles. The van der Waals surface area contributed by atoms with Crippen LogP contribution in [0.3, 0.4) is 0 Å². The molecule has 1 N–H and O–H groups in total. The first-order valence-electron chi connectivity index (χ1n) is 8.33. The van der Waals surface area contributed by atoms with Crippen molar-refractivity contribution in [3.05, 3.63) is 29.3 Å². The number of aryl methyl sites for hydroxylation is 1. The minimum atomic E-state index is -0.676. The summed E-state index contributed by atoms with van der Waals surface area (Å²) in [4.78, 5) is 26.7. The van der Waals surface area contributed by atoms with E-state index in [4.69, 9.17) is 4.74 Å². The molecule has 0 aromatic heterocycles. The molecule has 1 aromatic rings. The zero-order valence-corrected chi connectivity index (χ0v) is 13.9. The van der Waals surface area contributed by atoms with E-state index in [-0.39, 0.29) is 18.5 Å². The van der Waals surface area contributed by atoms with Gasteiger partial charge in [0.1, 0.15) is 11.3 Å². The third-order valence-corrected chi connectivity index (χ3v) is 4.97. The Morgan fingerprint density at radius 1 is 1.17 bits per heavy atom. The molecule has 0 radical (unpaired) electrons. The van der Waals surface area contributed by atoms with Crippen molar-refractivity contribution < 1.29 is 14.3 Å². The first-order chi connectivity index (χ1) is 11.1. The number of methoxy groups -OCH3 is 1. The van der Waals surface area contributed by atoms with Gasteiger partial charge in [0.15, 0.2) is 0 Å². The van der Waals surface area contributed by atoms with Crippen LogP contribution in [0.4, 0.5) is 4.79 Å². The molecule has 3 amide bonds. The zero-order chi connectivity index (χ0) is 16.4. The number of urea groups is 1. The van der Waals surface area contributed by atoms with E-state index in [1.807, 2.05) is 25.1 Å². The molecule has 1 aliphatic heterocycles. The number of nitrogens with one attached hydrogen (secondary N) is 1. The summed E-state index contributed by atoms with van der Waals surface area (Å²) >= 11 is 0. The maximum Gasteiger partial charge on any atom is 0.325 e. The van der Waals surface area contributed by atoms with Gasteiger partial charge in [-0.1, -0.05) is 43.4 Å². The van der Waals surface area contributed by atoms with Gasteiger partial charge in [0, 0.05) is 5.56 Å². The van der Waals surface area contributed by atoms with Crippen molar-refractivity contribution in [2.45, 2.75) is 57.5 Å². The number of amides is 3. The Bertz CT molecular complexity index is 619. The third kappa shape index (κ3) is 2.92. The highest BCUT2D eigenvalue weighted by molar-refractivity contribution is 6.07. The molecule has 0 atom stereocenters. The molecular weight excluding hydrogens is 292 g/mol. The normalized spacial score (nSPS) is 20.5. The van der Waals surface area contributed by atoms with Crippen LogP contribution in [0, 0.1) is 6.92 Å². The average Bonchev–Trinajstić information content (AvgIpc) is 2.71. The van der Waals surface area contributed by atoms with Crippen molar-refractivity contribution >= 4 is 11.9 Å². The van der Waals surface area contributed by atoms with Crippen LogP contribution in [-0.2, 0) is 11.3 Å². The van der Waals surface area contributed by atoms with Gasteiger partial charge < -0.3 is 10.1 Å². The van der Waals surface area contributed by atoms with Crippen LogP contribution in [-0.4, -0.2) is 29.5 Å². The van der Waals surface area contributed by atoms with E-state index in [0.29, 0.717) is 5.75 Å². The van der Waals surface area contributed by atoms with E-state index in [1.54, 1.807) is 7.11 Å². The van der Waals surface area contributed by atoms with Crippen molar-refractivity contribution in [1.29, 1.82) is 0 Å². The fourth-order valence-electron chi connectivity index (χ4n) is 3.69. The predicted octanol–water partition coefficient (Wildman–Crippen LogP) is 3.15. The Labute approximate surface area is 137 Å². The summed E-state index contributed by atoms with van der Waals surface area (Å²) in [5, 5.41) is 2.98. The fraction of sp³-hybridized carbons (Fsp3) is 0.556. The lowest BCUT2D eigenvalue weighted by Gasteiger charge is -2.24. The fourth-order valence-corrected chi connectivity index (χ4v) is 3.69. The smallest absolute Gasteiger partial charge is 0.325 e. The van der Waals surface area contributed by atoms with Crippen molar-refractivity contribution in [1.82, 2.24) is 10.2 Å². The number of hydrogen-bond donors (Lipinski definition) is 1. The molecule has 1 aliphatic carbocycles. The molecule has 0 bridgehead atoms. The Morgan fingerprint density at radius 3 is 2.52 bits per heavy atom. The lowest BCUT2D eigenvalue weighted by Crippen LogP contribution is -2.46. The largest absolute Gasteiger partial charge is 0.496 e. The monoisotopic (exact) mass is 316 g/mol. The van der Waals surface area contributed by atoms with Gasteiger partial charge in [-0.25, -0.2) is 4.79 Å². The van der Waals surface area contributed by atoms with Crippen molar-refractivity contribution in [3.8, 4) is 5.75 Å². The van der Waals surface area contributed by atoms with Crippen molar-refractivity contribution in [2.75, 3.05) is 7.11 Å². The molecule has 23 heavy (non-hydrogen) atoms. The Balaban J connectivity index is 1.85. The molecule has 2 fully saturated rings. The Kier molecular flexibility index (Phi) is 4.28. The quantitative estimate of drug-likeness (QED) is 0.872. The summed E-state index contributed by atoms with van der Waals surface area (Å²) in [5.41, 5.74) is 1.27. The van der Waals surface area contributed by atoms with Crippen molar-refractivity contribution in [2.24, 2.45) is 0 Å². The van der Waals surface area contributed by atoms with E-state index in [9.17, 15) is 9.59 Å². The van der Waals surface area contributed by atoms with E-state index in [2.05, 4.69) is 5.32 Å². The minimum Gasteiger partial charge on any atom is -0.496 e. The lowest BCUT2D eigenvalue weighted by molar-refractivity contribution is -0.132. The highest BCUT2D eigenvalue weighted by Crippen LogP contribution is 2.34. The van der Waals surface area contributed by atoms with Gasteiger partial charge in [0.25, 0.3) is 5.91 Å². The van der Waals surface area contributed by atoms with Crippen molar-refractivity contribution in [3.63, 3.8) is 0 Å². The zero-order valence-electron chi connectivity index (χ0n) is 13.9. The van der Waals surface area contributed by atoms with Gasteiger partial charge >= 0.3 is 6.03 Å². The number of nitrogens with zero attached hydrogens (tertiary/aromatic N) is 1. The minimum absolute atomic E-state index is 0.0760. The van der Waals surface area contributed by atoms with Crippen LogP contribution >= 0.6 is 0 Å². The average molecular weight is 316 g/mol. The molecule has 1 spiro atoms. The highest BCUT2D eigenvalue weighted by atomic mass is 16.5. The van der Waals surface area contributed by atoms with Crippen LogP contribution in [0.5, 0.6) is 5.75 Å². The molecule has 5 heteroatoms. The molecule has 0 unspecified atom stereocenters. The van der Waals surface area contributed by atoms with Crippen LogP contribution < -0.4 is 10.1 Å². The number of rotatable bonds is 3. The highest BCUT2D eigenvalue weighted by Gasteiger charge is 2.50. The maximum absolute atomic E-state index is 12.9. The summed E-state index contributed by atoms with van der Waals surface area (Å²) in [5.74, 6) is 0.631. The molecule has 5 nitrogen and oxygen atoms in total. The van der Waals surface area contributed by atoms with Crippen LogP contribution in [0.2, 0.25) is 0 Å². The number of carbonyl (C=O) groups is 2. The number of imide groups is 1. The predicted molar refractivity (Wildman–Crippen MR) is 87.2 cm³/mol. The number of carbonyl (C=O) groups excluding carboxylic acids is 2. The molecule has 124 valence electrons. The van der Waals surface area contributed by atoms with Crippen LogP contribution in [0.15, 0.2) is 18.2 Å². The molecule has 1 heterocycles. The van der Waals surface area contributed by atoms with E-state index >= 15 is 0 Å². The maximum atomic E-state index is 12.9. The molecule has 1 aromatic carbocycles. The standard InChI is InChI=1S/C18H24N2O3/c1-13-7-8-15(23-2)14(11-13)12-20-16(21)18(19-17(20)22)9-5-3-4-6-10-18/h7-8,11H,3-6,9-10,12H2,1-2H3,(H,19,22). The molecule has 3 rings (SSSR count). The topological polar surface area (TPSA) is 58.6 Å². The number of ether oxygens (including phenoxy) is 1.